The van der Waals surface area contributed by atoms with Gasteiger partial charge in [0.25, 0.3) is 5.91 Å². The molecule has 0 heterocycles. The highest BCUT2D eigenvalue weighted by atomic mass is 19.1. The number of primary amides is 1. The molecule has 1 rings (SSSR count). The summed E-state index contributed by atoms with van der Waals surface area (Å²) in [6.45, 7) is 5.01. The second-order valence-corrected chi connectivity index (χ2v) is 5.90. The van der Waals surface area contributed by atoms with Crippen LogP contribution >= 0.6 is 0 Å². The summed E-state index contributed by atoms with van der Waals surface area (Å²) in [5.41, 5.74) is 3.36. The number of alkyl carbamates (subject to hydrolysis) is 1. The minimum absolute atomic E-state index is 0.0494. The van der Waals surface area contributed by atoms with E-state index in [4.69, 9.17) is 10.5 Å². The average Bonchev–Trinajstić information content (AvgIpc) is 2.39. The number of carbonyl (C=O) groups excluding carboxylic acids is 3. The SMILES string of the molecule is CC(C)(C)OC(=O)NCCC(=O)Nc1cc(C(N)=O)c(F)cc1F. The van der Waals surface area contributed by atoms with Gasteiger partial charge in [0.05, 0.1) is 11.3 Å². The Balaban J connectivity index is 2.58. The first-order chi connectivity index (χ1) is 11.0. The van der Waals surface area contributed by atoms with Gasteiger partial charge < -0.3 is 21.1 Å². The molecule has 0 atom stereocenters. The molecule has 0 fully saturated rings. The molecule has 0 unspecified atom stereocenters. The van der Waals surface area contributed by atoms with Crippen molar-refractivity contribution in [3.05, 3.63) is 29.3 Å². The molecule has 0 aliphatic carbocycles. The third kappa shape index (κ3) is 6.19. The van der Waals surface area contributed by atoms with Gasteiger partial charge in [-0.15, -0.1) is 0 Å². The second kappa shape index (κ2) is 7.71. The summed E-state index contributed by atoms with van der Waals surface area (Å²) in [4.78, 5) is 34.1. The topological polar surface area (TPSA) is 111 Å². The largest absolute Gasteiger partial charge is 0.444 e. The smallest absolute Gasteiger partial charge is 0.407 e. The van der Waals surface area contributed by atoms with Gasteiger partial charge in [-0.05, 0) is 26.8 Å². The highest BCUT2D eigenvalue weighted by molar-refractivity contribution is 5.96. The Bertz CT molecular complexity index is 657. The van der Waals surface area contributed by atoms with Crippen molar-refractivity contribution in [2.75, 3.05) is 11.9 Å². The number of rotatable bonds is 5. The van der Waals surface area contributed by atoms with Crippen LogP contribution in [0.5, 0.6) is 0 Å². The molecule has 0 aromatic heterocycles. The number of nitrogens with one attached hydrogen (secondary N) is 2. The fraction of sp³-hybridized carbons (Fsp3) is 0.400. The molecular formula is C15H19F2N3O4. The zero-order chi connectivity index (χ0) is 18.5. The van der Waals surface area contributed by atoms with Crippen molar-refractivity contribution in [1.82, 2.24) is 5.32 Å². The van der Waals surface area contributed by atoms with Gasteiger partial charge in [0.2, 0.25) is 5.91 Å². The van der Waals surface area contributed by atoms with Gasteiger partial charge in [0.1, 0.15) is 17.2 Å². The average molecular weight is 343 g/mol. The van der Waals surface area contributed by atoms with Crippen LogP contribution in [0.4, 0.5) is 19.3 Å². The fourth-order valence-electron chi connectivity index (χ4n) is 1.64. The van der Waals surface area contributed by atoms with Crippen LogP contribution in [0.1, 0.15) is 37.6 Å². The number of amides is 3. The molecule has 1 aromatic carbocycles. The monoisotopic (exact) mass is 343 g/mol. The molecule has 1 aromatic rings. The van der Waals surface area contributed by atoms with Crippen LogP contribution in [0.3, 0.4) is 0 Å². The number of anilines is 1. The summed E-state index contributed by atoms with van der Waals surface area (Å²) in [6.07, 6.45) is -0.874. The van der Waals surface area contributed by atoms with Crippen LogP contribution in [0, 0.1) is 11.6 Å². The molecule has 4 N–H and O–H groups in total. The van der Waals surface area contributed by atoms with Crippen molar-refractivity contribution in [2.45, 2.75) is 32.8 Å². The molecule has 0 aliphatic heterocycles. The number of ether oxygens (including phenoxy) is 1. The Morgan fingerprint density at radius 1 is 1.17 bits per heavy atom. The normalized spacial score (nSPS) is 10.9. The molecule has 0 aliphatic rings. The first-order valence-corrected chi connectivity index (χ1v) is 7.05. The van der Waals surface area contributed by atoms with E-state index in [0.29, 0.717) is 6.07 Å². The fourth-order valence-corrected chi connectivity index (χ4v) is 1.64. The van der Waals surface area contributed by atoms with Crippen molar-refractivity contribution in [2.24, 2.45) is 5.73 Å². The molecule has 0 radical (unpaired) electrons. The number of nitrogens with two attached hydrogens (primary N) is 1. The summed E-state index contributed by atoms with van der Waals surface area (Å²) < 4.78 is 31.9. The predicted molar refractivity (Wildman–Crippen MR) is 82.4 cm³/mol. The highest BCUT2D eigenvalue weighted by Crippen LogP contribution is 2.19. The van der Waals surface area contributed by atoms with Crippen LogP contribution in [-0.2, 0) is 9.53 Å². The Morgan fingerprint density at radius 3 is 2.33 bits per heavy atom. The van der Waals surface area contributed by atoms with Gasteiger partial charge in [-0.25, -0.2) is 13.6 Å². The van der Waals surface area contributed by atoms with Crippen LogP contribution in [0.25, 0.3) is 0 Å². The molecular weight excluding hydrogens is 324 g/mol. The highest BCUT2D eigenvalue weighted by Gasteiger charge is 2.17. The molecule has 3 amide bonds. The molecule has 0 spiro atoms. The minimum atomic E-state index is -1.12. The quantitative estimate of drug-likeness (QED) is 0.758. The summed E-state index contributed by atoms with van der Waals surface area (Å²) in [5.74, 6) is -3.91. The van der Waals surface area contributed by atoms with E-state index in [1.165, 1.54) is 0 Å². The Hall–Kier alpha value is -2.71. The first kappa shape index (κ1) is 19.3. The lowest BCUT2D eigenvalue weighted by Gasteiger charge is -2.19. The number of halogens is 2. The van der Waals surface area contributed by atoms with Crippen molar-refractivity contribution in [1.29, 1.82) is 0 Å². The van der Waals surface area contributed by atoms with E-state index in [2.05, 4.69) is 10.6 Å². The van der Waals surface area contributed by atoms with Crippen molar-refractivity contribution >= 4 is 23.6 Å². The Labute approximate surface area is 137 Å². The Kier molecular flexibility index (Phi) is 6.21. The van der Waals surface area contributed by atoms with E-state index in [1.807, 2.05) is 0 Å². The van der Waals surface area contributed by atoms with E-state index in [9.17, 15) is 23.2 Å². The number of benzene rings is 1. The maximum absolute atomic E-state index is 13.6. The lowest BCUT2D eigenvalue weighted by Crippen LogP contribution is -2.34. The maximum Gasteiger partial charge on any atom is 0.407 e. The third-order valence-corrected chi connectivity index (χ3v) is 2.62. The summed E-state index contributed by atoms with van der Waals surface area (Å²) >= 11 is 0. The molecule has 0 bridgehead atoms. The van der Waals surface area contributed by atoms with Crippen LogP contribution in [0.15, 0.2) is 12.1 Å². The van der Waals surface area contributed by atoms with Crippen LogP contribution in [0.2, 0.25) is 0 Å². The summed E-state index contributed by atoms with van der Waals surface area (Å²) in [6, 6.07) is 1.26. The first-order valence-electron chi connectivity index (χ1n) is 7.05. The van der Waals surface area contributed by atoms with Crippen LogP contribution < -0.4 is 16.4 Å². The van der Waals surface area contributed by atoms with Gasteiger partial charge in [0, 0.05) is 19.0 Å². The van der Waals surface area contributed by atoms with Gasteiger partial charge in [-0.3, -0.25) is 9.59 Å². The molecule has 9 heteroatoms. The van der Waals surface area contributed by atoms with Crippen molar-refractivity contribution in [3.8, 4) is 0 Å². The summed E-state index contributed by atoms with van der Waals surface area (Å²) in [7, 11) is 0. The predicted octanol–water partition coefficient (Wildman–Crippen LogP) is 1.92. The molecule has 0 saturated carbocycles. The standard InChI is InChI=1S/C15H19F2N3O4/c1-15(2,3)24-14(23)19-5-4-12(21)20-11-6-8(13(18)22)9(16)7-10(11)17/h6-7H,4-5H2,1-3H3,(H2,18,22)(H,19,23)(H,20,21). The van der Waals surface area contributed by atoms with Gasteiger partial charge in [0.15, 0.2) is 0 Å². The molecule has 7 nitrogen and oxygen atoms in total. The maximum atomic E-state index is 13.6. The zero-order valence-corrected chi connectivity index (χ0v) is 13.5. The lowest BCUT2D eigenvalue weighted by molar-refractivity contribution is -0.116. The molecule has 0 saturated heterocycles. The number of hydrogen-bond donors (Lipinski definition) is 3. The second-order valence-electron chi connectivity index (χ2n) is 5.90. The van der Waals surface area contributed by atoms with E-state index in [-0.39, 0.29) is 18.7 Å². The number of carbonyl (C=O) groups is 3. The van der Waals surface area contributed by atoms with Gasteiger partial charge in [-0.1, -0.05) is 0 Å². The summed E-state index contributed by atoms with van der Waals surface area (Å²) in [5, 5.41) is 4.53. The third-order valence-electron chi connectivity index (χ3n) is 2.62. The van der Waals surface area contributed by atoms with Crippen LogP contribution in [-0.4, -0.2) is 30.1 Å². The van der Waals surface area contributed by atoms with E-state index >= 15 is 0 Å². The van der Waals surface area contributed by atoms with Crippen molar-refractivity contribution < 1.29 is 27.9 Å². The molecule has 24 heavy (non-hydrogen) atoms. The van der Waals surface area contributed by atoms with Crippen molar-refractivity contribution in [3.63, 3.8) is 0 Å². The zero-order valence-electron chi connectivity index (χ0n) is 13.5. The van der Waals surface area contributed by atoms with E-state index in [1.54, 1.807) is 20.8 Å². The van der Waals surface area contributed by atoms with Gasteiger partial charge in [-0.2, -0.15) is 0 Å². The Morgan fingerprint density at radius 2 is 1.79 bits per heavy atom. The minimum Gasteiger partial charge on any atom is -0.444 e. The lowest BCUT2D eigenvalue weighted by atomic mass is 10.1. The van der Waals surface area contributed by atoms with E-state index in [0.717, 1.165) is 6.07 Å². The van der Waals surface area contributed by atoms with Gasteiger partial charge >= 0.3 is 6.09 Å². The van der Waals surface area contributed by atoms with E-state index < -0.39 is 40.7 Å². The number of hydrogen-bond acceptors (Lipinski definition) is 4. The molecule has 132 valence electrons.